The van der Waals surface area contributed by atoms with E-state index in [2.05, 4.69) is 33.0 Å². The van der Waals surface area contributed by atoms with E-state index in [1.54, 1.807) is 12.1 Å². The van der Waals surface area contributed by atoms with Crippen LogP contribution in [0.2, 0.25) is 0 Å². The standard InChI is InChI=1S/C25H34N2O4S/c1-6-25(7-2)16-22(21-10-8-9-11-23(21)31-25)26-24(28)17-27(32(5,29)30)20-14-12-19(13-15-20)18(3)4/h8-15,18,22H,6-7,16-17H2,1-5H3,(H,26,28). The average Bonchev–Trinajstić information content (AvgIpc) is 2.76. The number of benzene rings is 2. The number of carbonyl (C=O) groups is 1. The van der Waals surface area contributed by atoms with E-state index in [9.17, 15) is 13.2 Å². The van der Waals surface area contributed by atoms with E-state index in [0.717, 1.165) is 40.3 Å². The summed E-state index contributed by atoms with van der Waals surface area (Å²) in [6, 6.07) is 14.8. The summed E-state index contributed by atoms with van der Waals surface area (Å²) < 4.78 is 32.5. The van der Waals surface area contributed by atoms with E-state index < -0.39 is 10.0 Å². The molecule has 3 rings (SSSR count). The Balaban J connectivity index is 1.83. The highest BCUT2D eigenvalue weighted by atomic mass is 32.2. The molecule has 174 valence electrons. The molecule has 0 radical (unpaired) electrons. The lowest BCUT2D eigenvalue weighted by atomic mass is 9.83. The van der Waals surface area contributed by atoms with Crippen LogP contribution in [0, 0.1) is 0 Å². The molecule has 0 fully saturated rings. The van der Waals surface area contributed by atoms with Crippen LogP contribution in [0.3, 0.4) is 0 Å². The topological polar surface area (TPSA) is 75.7 Å². The van der Waals surface area contributed by atoms with Crippen molar-refractivity contribution in [2.75, 3.05) is 17.1 Å². The van der Waals surface area contributed by atoms with Gasteiger partial charge >= 0.3 is 0 Å². The van der Waals surface area contributed by atoms with E-state index in [-0.39, 0.29) is 24.1 Å². The second kappa shape index (κ2) is 9.53. The van der Waals surface area contributed by atoms with Crippen molar-refractivity contribution in [3.63, 3.8) is 0 Å². The Bertz CT molecular complexity index is 1040. The average molecular weight is 459 g/mol. The van der Waals surface area contributed by atoms with Gasteiger partial charge in [0.25, 0.3) is 0 Å². The van der Waals surface area contributed by atoms with Crippen LogP contribution in [0.25, 0.3) is 0 Å². The lowest BCUT2D eigenvalue weighted by molar-refractivity contribution is -0.121. The van der Waals surface area contributed by atoms with E-state index in [1.807, 2.05) is 36.4 Å². The first kappa shape index (κ1) is 24.1. The second-order valence-electron chi connectivity index (χ2n) is 8.87. The second-order valence-corrected chi connectivity index (χ2v) is 10.8. The van der Waals surface area contributed by atoms with Crippen molar-refractivity contribution in [1.82, 2.24) is 5.32 Å². The fourth-order valence-corrected chi connectivity index (χ4v) is 5.08. The predicted molar refractivity (Wildman–Crippen MR) is 129 cm³/mol. The van der Waals surface area contributed by atoms with Gasteiger partial charge in [-0.25, -0.2) is 8.42 Å². The summed E-state index contributed by atoms with van der Waals surface area (Å²) >= 11 is 0. The molecule has 1 unspecified atom stereocenters. The first-order chi connectivity index (χ1) is 15.1. The van der Waals surface area contributed by atoms with Crippen LogP contribution in [-0.2, 0) is 14.8 Å². The normalized spacial score (nSPS) is 17.4. The van der Waals surface area contributed by atoms with Crippen LogP contribution in [-0.4, -0.2) is 32.7 Å². The zero-order valence-electron chi connectivity index (χ0n) is 19.6. The van der Waals surface area contributed by atoms with Crippen LogP contribution in [0.15, 0.2) is 48.5 Å². The lowest BCUT2D eigenvalue weighted by Gasteiger charge is -2.41. The zero-order chi connectivity index (χ0) is 23.5. The quantitative estimate of drug-likeness (QED) is 0.618. The Kier molecular flexibility index (Phi) is 7.18. The molecule has 6 nitrogen and oxygen atoms in total. The number of ether oxygens (including phenoxy) is 1. The third-order valence-corrected chi connectivity index (χ3v) is 7.50. The Morgan fingerprint density at radius 2 is 1.75 bits per heavy atom. The number of hydrogen-bond acceptors (Lipinski definition) is 4. The highest BCUT2D eigenvalue weighted by molar-refractivity contribution is 7.92. The maximum atomic E-state index is 13.1. The van der Waals surface area contributed by atoms with Gasteiger partial charge in [-0.15, -0.1) is 0 Å². The summed E-state index contributed by atoms with van der Waals surface area (Å²) in [5, 5.41) is 3.08. The highest BCUT2D eigenvalue weighted by Gasteiger charge is 2.39. The van der Waals surface area contributed by atoms with Gasteiger partial charge in [0.1, 0.15) is 17.9 Å². The van der Waals surface area contributed by atoms with Crippen molar-refractivity contribution in [1.29, 1.82) is 0 Å². The summed E-state index contributed by atoms with van der Waals surface area (Å²) in [5.74, 6) is 0.771. The molecule has 0 spiro atoms. The van der Waals surface area contributed by atoms with Gasteiger partial charge in [-0.3, -0.25) is 9.10 Å². The van der Waals surface area contributed by atoms with Gasteiger partial charge in [0.2, 0.25) is 15.9 Å². The van der Waals surface area contributed by atoms with Crippen molar-refractivity contribution < 1.29 is 17.9 Å². The minimum atomic E-state index is -3.63. The van der Waals surface area contributed by atoms with E-state index in [0.29, 0.717) is 18.0 Å². The zero-order valence-corrected chi connectivity index (χ0v) is 20.4. The van der Waals surface area contributed by atoms with E-state index in [1.165, 1.54) is 0 Å². The Hall–Kier alpha value is -2.54. The van der Waals surface area contributed by atoms with E-state index >= 15 is 0 Å². The van der Waals surface area contributed by atoms with Gasteiger partial charge in [-0.1, -0.05) is 58.0 Å². The molecule has 0 bridgehead atoms. The molecule has 0 saturated carbocycles. The Morgan fingerprint density at radius 3 is 2.31 bits per heavy atom. The molecule has 7 heteroatoms. The number of nitrogens with zero attached hydrogens (tertiary/aromatic N) is 1. The molecule has 0 saturated heterocycles. The summed E-state index contributed by atoms with van der Waals surface area (Å²) in [7, 11) is -3.63. The summed E-state index contributed by atoms with van der Waals surface area (Å²) in [6.07, 6.45) is 3.41. The fourth-order valence-electron chi connectivity index (χ4n) is 4.23. The molecule has 1 heterocycles. The molecule has 1 atom stereocenters. The van der Waals surface area contributed by atoms with Crippen LogP contribution >= 0.6 is 0 Å². The molecule has 1 aliphatic heterocycles. The molecular weight excluding hydrogens is 424 g/mol. The molecular formula is C25H34N2O4S. The van der Waals surface area contributed by atoms with Crippen molar-refractivity contribution in [2.45, 2.75) is 64.5 Å². The van der Waals surface area contributed by atoms with Gasteiger partial charge in [-0.2, -0.15) is 0 Å². The third kappa shape index (κ3) is 5.26. The predicted octanol–water partition coefficient (Wildman–Crippen LogP) is 4.77. The third-order valence-electron chi connectivity index (χ3n) is 6.36. The number of fused-ring (bicyclic) bond motifs is 1. The van der Waals surface area contributed by atoms with Crippen molar-refractivity contribution in [3.8, 4) is 5.75 Å². The Morgan fingerprint density at radius 1 is 1.12 bits per heavy atom. The molecule has 32 heavy (non-hydrogen) atoms. The largest absolute Gasteiger partial charge is 0.487 e. The van der Waals surface area contributed by atoms with Gasteiger partial charge in [0, 0.05) is 12.0 Å². The van der Waals surface area contributed by atoms with Crippen LogP contribution in [0.1, 0.15) is 70.0 Å². The first-order valence-electron chi connectivity index (χ1n) is 11.2. The minimum absolute atomic E-state index is 0.239. The number of nitrogens with one attached hydrogen (secondary N) is 1. The number of anilines is 1. The van der Waals surface area contributed by atoms with Gasteiger partial charge in [0.05, 0.1) is 18.0 Å². The van der Waals surface area contributed by atoms with Gasteiger partial charge in [0.15, 0.2) is 0 Å². The first-order valence-corrected chi connectivity index (χ1v) is 13.1. The summed E-state index contributed by atoms with van der Waals surface area (Å²) in [5.41, 5.74) is 2.16. The van der Waals surface area contributed by atoms with Crippen molar-refractivity contribution >= 4 is 21.6 Å². The maximum absolute atomic E-state index is 13.1. The monoisotopic (exact) mass is 458 g/mol. The lowest BCUT2D eigenvalue weighted by Crippen LogP contribution is -2.47. The van der Waals surface area contributed by atoms with Crippen LogP contribution in [0.4, 0.5) is 5.69 Å². The Labute approximate surface area is 192 Å². The smallest absolute Gasteiger partial charge is 0.241 e. The maximum Gasteiger partial charge on any atom is 0.241 e. The van der Waals surface area contributed by atoms with Crippen LogP contribution in [0.5, 0.6) is 5.75 Å². The number of carbonyl (C=O) groups excluding carboxylic acids is 1. The molecule has 0 aromatic heterocycles. The number of hydrogen-bond donors (Lipinski definition) is 1. The summed E-state index contributed by atoms with van der Waals surface area (Å²) in [4.78, 5) is 13.1. The number of rotatable bonds is 8. The fraction of sp³-hybridized carbons (Fsp3) is 0.480. The number of sulfonamides is 1. The van der Waals surface area contributed by atoms with Crippen molar-refractivity contribution in [2.24, 2.45) is 0 Å². The molecule has 1 aliphatic rings. The highest BCUT2D eigenvalue weighted by Crippen LogP contribution is 2.42. The molecule has 1 N–H and O–H groups in total. The molecule has 1 amide bonds. The van der Waals surface area contributed by atoms with E-state index in [4.69, 9.17) is 4.74 Å². The minimum Gasteiger partial charge on any atom is -0.487 e. The number of para-hydroxylation sites is 1. The summed E-state index contributed by atoms with van der Waals surface area (Å²) in [6.45, 7) is 8.06. The SMILES string of the molecule is CCC1(CC)CC(NC(=O)CN(c2ccc(C(C)C)cc2)S(C)(=O)=O)c2ccccc2O1. The number of amides is 1. The van der Waals surface area contributed by atoms with Gasteiger partial charge in [-0.05, 0) is 42.5 Å². The molecule has 2 aromatic carbocycles. The van der Waals surface area contributed by atoms with Gasteiger partial charge < -0.3 is 10.1 Å². The van der Waals surface area contributed by atoms with Crippen molar-refractivity contribution in [3.05, 3.63) is 59.7 Å². The molecule has 0 aliphatic carbocycles. The molecule has 2 aromatic rings. The van der Waals surface area contributed by atoms with Crippen LogP contribution < -0.4 is 14.4 Å².